The highest BCUT2D eigenvalue weighted by atomic mass is 35.5. The summed E-state index contributed by atoms with van der Waals surface area (Å²) in [4.78, 5) is 12.8. The maximum atomic E-state index is 12.2. The molecule has 0 N–H and O–H groups in total. The summed E-state index contributed by atoms with van der Waals surface area (Å²) in [6.45, 7) is 4.79. The van der Waals surface area contributed by atoms with E-state index in [0.29, 0.717) is 15.5 Å². The summed E-state index contributed by atoms with van der Waals surface area (Å²) in [7, 11) is 0. The minimum Gasteiger partial charge on any atom is -0.288 e. The van der Waals surface area contributed by atoms with Gasteiger partial charge in [-0.25, -0.2) is 0 Å². The van der Waals surface area contributed by atoms with Crippen LogP contribution in [0.5, 0.6) is 0 Å². The van der Waals surface area contributed by atoms with Crippen molar-refractivity contribution in [2.75, 3.05) is 0 Å². The predicted octanol–water partition coefficient (Wildman–Crippen LogP) is 3.55. The molecule has 0 amide bonds. The fraction of sp³-hybridized carbons (Fsp3) is 0.333. The second kappa shape index (κ2) is 5.02. The van der Waals surface area contributed by atoms with Crippen molar-refractivity contribution in [3.63, 3.8) is 0 Å². The molecule has 0 aromatic carbocycles. The van der Waals surface area contributed by atoms with Gasteiger partial charge in [-0.2, -0.15) is 5.10 Å². The molecule has 2 rings (SSSR count). The number of carbonyl (C=O) groups is 1. The summed E-state index contributed by atoms with van der Waals surface area (Å²) in [5, 5.41) is 6.60. The van der Waals surface area contributed by atoms with Gasteiger partial charge in [0, 0.05) is 12.7 Å². The van der Waals surface area contributed by atoms with Gasteiger partial charge in [0.05, 0.1) is 21.7 Å². The summed E-state index contributed by atoms with van der Waals surface area (Å²) >= 11 is 7.47. The molecule has 3 nitrogen and oxygen atoms in total. The molecule has 0 spiro atoms. The second-order valence-electron chi connectivity index (χ2n) is 3.88. The van der Waals surface area contributed by atoms with E-state index in [9.17, 15) is 4.79 Å². The number of halogens is 1. The Bertz CT molecular complexity index is 544. The lowest BCUT2D eigenvalue weighted by Crippen LogP contribution is -1.99. The van der Waals surface area contributed by atoms with Crippen molar-refractivity contribution in [3.8, 4) is 0 Å². The van der Waals surface area contributed by atoms with Gasteiger partial charge < -0.3 is 0 Å². The fourth-order valence-corrected chi connectivity index (χ4v) is 2.79. The highest BCUT2D eigenvalue weighted by Gasteiger charge is 2.17. The summed E-state index contributed by atoms with van der Waals surface area (Å²) < 4.78 is 1.78. The zero-order chi connectivity index (χ0) is 12.4. The zero-order valence-corrected chi connectivity index (χ0v) is 11.3. The van der Waals surface area contributed by atoms with E-state index in [1.807, 2.05) is 12.3 Å². The Hall–Kier alpha value is -1.13. The summed E-state index contributed by atoms with van der Waals surface area (Å²) in [6.07, 6.45) is 4.37. The highest BCUT2D eigenvalue weighted by Crippen LogP contribution is 2.29. The van der Waals surface area contributed by atoms with Gasteiger partial charge in [-0.05, 0) is 24.3 Å². The zero-order valence-electron chi connectivity index (χ0n) is 9.74. The van der Waals surface area contributed by atoms with Gasteiger partial charge in [0.1, 0.15) is 0 Å². The molecule has 0 aliphatic rings. The number of hydrogen-bond acceptors (Lipinski definition) is 3. The molecule has 0 radical (unpaired) electrons. The molecule has 0 aliphatic heterocycles. The first-order valence-corrected chi connectivity index (χ1v) is 6.70. The first-order chi connectivity index (χ1) is 8.13. The third-order valence-electron chi connectivity index (χ3n) is 2.45. The van der Waals surface area contributed by atoms with E-state index in [4.69, 9.17) is 11.6 Å². The summed E-state index contributed by atoms with van der Waals surface area (Å²) in [5.41, 5.74) is 1.54. The lowest BCUT2D eigenvalue weighted by atomic mass is 10.2. The molecule has 17 heavy (non-hydrogen) atoms. The van der Waals surface area contributed by atoms with Crippen LogP contribution >= 0.6 is 22.9 Å². The van der Waals surface area contributed by atoms with Gasteiger partial charge >= 0.3 is 0 Å². The van der Waals surface area contributed by atoms with Gasteiger partial charge in [0.2, 0.25) is 5.78 Å². The normalized spacial score (nSPS) is 10.8. The standard InChI is InChI=1S/C12H13ClN2OS/c1-3-4-15-6-9(5-14-15)11(16)12-10(13)8(2)7-17-12/h5-7H,3-4H2,1-2H3. The molecule has 0 aliphatic carbocycles. The Morgan fingerprint density at radius 3 is 2.94 bits per heavy atom. The molecular formula is C12H13ClN2OS. The Kier molecular flexibility index (Phi) is 3.64. The SMILES string of the molecule is CCCn1cc(C(=O)c2scc(C)c2Cl)cn1. The Morgan fingerprint density at radius 2 is 2.35 bits per heavy atom. The van der Waals surface area contributed by atoms with Gasteiger partial charge in [0.15, 0.2) is 0 Å². The van der Waals surface area contributed by atoms with Gasteiger partial charge in [-0.15, -0.1) is 11.3 Å². The van der Waals surface area contributed by atoms with Gasteiger partial charge in [0.25, 0.3) is 0 Å². The molecule has 2 heterocycles. The van der Waals surface area contributed by atoms with Crippen LogP contribution in [0.25, 0.3) is 0 Å². The average Bonchev–Trinajstić information content (AvgIpc) is 2.88. The smallest absolute Gasteiger partial charge is 0.207 e. The van der Waals surface area contributed by atoms with Crippen molar-refractivity contribution in [2.45, 2.75) is 26.8 Å². The maximum Gasteiger partial charge on any atom is 0.207 e. The molecule has 5 heteroatoms. The van der Waals surface area contributed by atoms with Crippen LogP contribution < -0.4 is 0 Å². The van der Waals surface area contributed by atoms with Gasteiger partial charge in [-0.1, -0.05) is 18.5 Å². The monoisotopic (exact) mass is 268 g/mol. The van der Waals surface area contributed by atoms with E-state index in [1.165, 1.54) is 11.3 Å². The molecule has 0 unspecified atom stereocenters. The van der Waals surface area contributed by atoms with Crippen molar-refractivity contribution in [2.24, 2.45) is 0 Å². The van der Waals surface area contributed by atoms with E-state index in [-0.39, 0.29) is 5.78 Å². The van der Waals surface area contributed by atoms with Crippen molar-refractivity contribution in [1.29, 1.82) is 0 Å². The number of hydrogen-bond donors (Lipinski definition) is 0. The van der Waals surface area contributed by atoms with E-state index in [0.717, 1.165) is 18.5 Å². The molecule has 90 valence electrons. The van der Waals surface area contributed by atoms with Crippen LogP contribution in [0.2, 0.25) is 5.02 Å². The molecule has 0 saturated carbocycles. The average molecular weight is 269 g/mol. The Morgan fingerprint density at radius 1 is 1.59 bits per heavy atom. The van der Waals surface area contributed by atoms with Crippen molar-refractivity contribution >= 4 is 28.7 Å². The molecule has 0 fully saturated rings. The minimum atomic E-state index is -0.0459. The van der Waals surface area contributed by atoms with Crippen molar-refractivity contribution < 1.29 is 4.79 Å². The number of aryl methyl sites for hydroxylation is 2. The number of nitrogens with zero attached hydrogens (tertiary/aromatic N) is 2. The van der Waals surface area contributed by atoms with Crippen molar-refractivity contribution in [3.05, 3.63) is 38.8 Å². The summed E-state index contributed by atoms with van der Waals surface area (Å²) in [6, 6.07) is 0. The predicted molar refractivity (Wildman–Crippen MR) is 70.0 cm³/mol. The molecule has 2 aromatic rings. The first kappa shape index (κ1) is 12.3. The Balaban J connectivity index is 2.27. The van der Waals surface area contributed by atoms with Crippen LogP contribution in [0.3, 0.4) is 0 Å². The molecule has 0 atom stereocenters. The Labute approximate surface area is 109 Å². The van der Waals surface area contributed by atoms with Crippen LogP contribution in [0.4, 0.5) is 0 Å². The van der Waals surface area contributed by atoms with Crippen molar-refractivity contribution in [1.82, 2.24) is 9.78 Å². The van der Waals surface area contributed by atoms with Crippen LogP contribution in [0.1, 0.15) is 34.1 Å². The van der Waals surface area contributed by atoms with Gasteiger partial charge in [-0.3, -0.25) is 9.48 Å². The third-order valence-corrected chi connectivity index (χ3v) is 4.15. The molecule has 0 saturated heterocycles. The number of carbonyl (C=O) groups excluding carboxylic acids is 1. The second-order valence-corrected chi connectivity index (χ2v) is 5.14. The van der Waals surface area contributed by atoms with E-state index in [2.05, 4.69) is 12.0 Å². The largest absolute Gasteiger partial charge is 0.288 e. The van der Waals surface area contributed by atoms with E-state index in [1.54, 1.807) is 17.1 Å². The molecule has 2 aromatic heterocycles. The van der Waals surface area contributed by atoms with E-state index >= 15 is 0 Å². The molecule has 0 bridgehead atoms. The van der Waals surface area contributed by atoms with Crippen LogP contribution in [0, 0.1) is 6.92 Å². The lowest BCUT2D eigenvalue weighted by Gasteiger charge is -1.96. The number of rotatable bonds is 4. The topological polar surface area (TPSA) is 34.9 Å². The first-order valence-electron chi connectivity index (χ1n) is 5.44. The van der Waals surface area contributed by atoms with Crippen LogP contribution in [-0.2, 0) is 6.54 Å². The van der Waals surface area contributed by atoms with E-state index < -0.39 is 0 Å². The molecular weight excluding hydrogens is 256 g/mol. The number of ketones is 1. The quantitative estimate of drug-likeness (QED) is 0.795. The lowest BCUT2D eigenvalue weighted by molar-refractivity contribution is 0.104. The van der Waals surface area contributed by atoms with Crippen LogP contribution in [0.15, 0.2) is 17.8 Å². The fourth-order valence-electron chi connectivity index (χ4n) is 1.55. The number of thiophene rings is 1. The third kappa shape index (κ3) is 2.42. The maximum absolute atomic E-state index is 12.2. The highest BCUT2D eigenvalue weighted by molar-refractivity contribution is 7.13. The summed E-state index contributed by atoms with van der Waals surface area (Å²) in [5.74, 6) is -0.0459. The number of aromatic nitrogens is 2. The van der Waals surface area contributed by atoms with Crippen LogP contribution in [-0.4, -0.2) is 15.6 Å². The minimum absolute atomic E-state index is 0.0459.